The summed E-state index contributed by atoms with van der Waals surface area (Å²) in [6.45, 7) is 8.80. The second kappa shape index (κ2) is 8.97. The first-order valence-corrected chi connectivity index (χ1v) is 9.34. The van der Waals surface area contributed by atoms with E-state index in [1.54, 1.807) is 24.1 Å². The van der Waals surface area contributed by atoms with E-state index in [2.05, 4.69) is 16.1 Å². The molecule has 0 spiro atoms. The van der Waals surface area contributed by atoms with Crippen LogP contribution < -0.4 is 4.74 Å². The predicted molar refractivity (Wildman–Crippen MR) is 105 cm³/mol. The Morgan fingerprint density at radius 3 is 2.78 bits per heavy atom. The fourth-order valence-electron chi connectivity index (χ4n) is 3.21. The van der Waals surface area contributed by atoms with Gasteiger partial charge in [0.15, 0.2) is 5.78 Å². The number of allylic oxidation sites excluding steroid dienone is 1. The Balaban J connectivity index is 1.75. The molecule has 27 heavy (non-hydrogen) atoms. The minimum Gasteiger partial charge on any atom is -0.496 e. The topological polar surface area (TPSA) is 56.6 Å². The number of aromatic nitrogens is 2. The lowest BCUT2D eigenvalue weighted by Crippen LogP contribution is -2.35. The largest absolute Gasteiger partial charge is 0.496 e. The number of hydrogen-bond donors (Lipinski definition) is 0. The van der Waals surface area contributed by atoms with Crippen LogP contribution in [0.3, 0.4) is 0 Å². The maximum atomic E-state index is 12.5. The first-order chi connectivity index (χ1) is 13.1. The molecule has 6 heteroatoms. The summed E-state index contributed by atoms with van der Waals surface area (Å²) in [6.07, 6.45) is 5.28. The van der Waals surface area contributed by atoms with E-state index in [9.17, 15) is 4.79 Å². The minimum absolute atomic E-state index is 0.0299. The molecule has 0 unspecified atom stereocenters. The van der Waals surface area contributed by atoms with Crippen molar-refractivity contribution in [3.8, 4) is 5.75 Å². The quantitative estimate of drug-likeness (QED) is 0.555. The molecule has 3 rings (SSSR count). The number of hydrogen-bond acceptors (Lipinski definition) is 5. The molecule has 2 aromatic rings. The summed E-state index contributed by atoms with van der Waals surface area (Å²) in [5, 5.41) is 4.34. The van der Waals surface area contributed by atoms with E-state index in [-0.39, 0.29) is 5.78 Å². The number of benzene rings is 1. The molecule has 2 heterocycles. The lowest BCUT2D eigenvalue weighted by molar-refractivity contribution is 0.0339. The molecular formula is C21H27N3O3. The summed E-state index contributed by atoms with van der Waals surface area (Å²) in [4.78, 5) is 14.9. The summed E-state index contributed by atoms with van der Waals surface area (Å²) in [5.41, 5.74) is 3.50. The van der Waals surface area contributed by atoms with Gasteiger partial charge in [0.25, 0.3) is 0 Å². The van der Waals surface area contributed by atoms with E-state index in [0.29, 0.717) is 5.56 Å². The van der Waals surface area contributed by atoms with Crippen molar-refractivity contribution in [2.75, 3.05) is 33.4 Å². The lowest BCUT2D eigenvalue weighted by Gasteiger charge is -2.27. The number of aryl methyl sites for hydroxylation is 2. The molecule has 0 aliphatic carbocycles. The van der Waals surface area contributed by atoms with Gasteiger partial charge in [0.1, 0.15) is 5.75 Å². The second-order valence-electron chi connectivity index (χ2n) is 6.64. The van der Waals surface area contributed by atoms with E-state index in [1.807, 2.05) is 32.1 Å². The van der Waals surface area contributed by atoms with Gasteiger partial charge in [-0.15, -0.1) is 0 Å². The Bertz CT molecular complexity index is 820. The van der Waals surface area contributed by atoms with Crippen molar-refractivity contribution in [2.24, 2.45) is 0 Å². The SMILES string of the molecule is CCn1cc(C(=O)/C=C/c2ccc(OC)c(CN3CCOCC3)c2)c(C)n1. The fraction of sp³-hybridized carbons (Fsp3) is 0.429. The summed E-state index contributed by atoms with van der Waals surface area (Å²) >= 11 is 0. The number of carbonyl (C=O) groups excluding carboxylic acids is 1. The third-order valence-electron chi connectivity index (χ3n) is 4.77. The van der Waals surface area contributed by atoms with E-state index >= 15 is 0 Å². The lowest BCUT2D eigenvalue weighted by atomic mass is 10.1. The first-order valence-electron chi connectivity index (χ1n) is 9.34. The normalized spacial score (nSPS) is 15.4. The number of rotatable bonds is 7. The molecule has 1 aliphatic rings. The summed E-state index contributed by atoms with van der Waals surface area (Å²) in [6, 6.07) is 6.01. The van der Waals surface area contributed by atoms with Crippen LogP contribution in [0.15, 0.2) is 30.5 Å². The van der Waals surface area contributed by atoms with Crippen molar-refractivity contribution in [1.29, 1.82) is 0 Å². The zero-order chi connectivity index (χ0) is 19.2. The van der Waals surface area contributed by atoms with Crippen LogP contribution in [0, 0.1) is 6.92 Å². The first kappa shape index (κ1) is 19.3. The molecule has 0 atom stereocenters. The van der Waals surface area contributed by atoms with Gasteiger partial charge in [-0.05, 0) is 37.6 Å². The average Bonchev–Trinajstić information content (AvgIpc) is 3.08. The van der Waals surface area contributed by atoms with Crippen molar-refractivity contribution in [2.45, 2.75) is 26.9 Å². The Hall–Kier alpha value is -2.44. The molecule has 1 aliphatic heterocycles. The second-order valence-corrected chi connectivity index (χ2v) is 6.64. The van der Waals surface area contributed by atoms with Crippen molar-refractivity contribution >= 4 is 11.9 Å². The van der Waals surface area contributed by atoms with Crippen molar-refractivity contribution in [3.05, 3.63) is 52.9 Å². The molecule has 0 radical (unpaired) electrons. The molecule has 144 valence electrons. The molecule has 1 aromatic heterocycles. The molecule has 0 amide bonds. The number of carbonyl (C=O) groups is 1. The van der Waals surface area contributed by atoms with Crippen LogP contribution in [0.2, 0.25) is 0 Å². The molecule has 0 saturated carbocycles. The van der Waals surface area contributed by atoms with E-state index in [4.69, 9.17) is 9.47 Å². The van der Waals surface area contributed by atoms with Crippen LogP contribution in [0.4, 0.5) is 0 Å². The number of methoxy groups -OCH3 is 1. The van der Waals surface area contributed by atoms with Crippen LogP contribution >= 0.6 is 0 Å². The van der Waals surface area contributed by atoms with Gasteiger partial charge in [-0.25, -0.2) is 0 Å². The number of morpholine rings is 1. The Morgan fingerprint density at radius 1 is 1.33 bits per heavy atom. The van der Waals surface area contributed by atoms with E-state index < -0.39 is 0 Å². The van der Waals surface area contributed by atoms with Gasteiger partial charge in [-0.3, -0.25) is 14.4 Å². The smallest absolute Gasteiger partial charge is 0.189 e. The van der Waals surface area contributed by atoms with Gasteiger partial charge < -0.3 is 9.47 Å². The van der Waals surface area contributed by atoms with E-state index in [1.165, 1.54) is 0 Å². The molecular weight excluding hydrogens is 342 g/mol. The maximum Gasteiger partial charge on any atom is 0.189 e. The van der Waals surface area contributed by atoms with Gasteiger partial charge in [-0.1, -0.05) is 12.1 Å². The molecule has 1 saturated heterocycles. The number of nitrogens with zero attached hydrogens (tertiary/aromatic N) is 3. The number of ether oxygens (including phenoxy) is 2. The maximum absolute atomic E-state index is 12.5. The van der Waals surface area contributed by atoms with Gasteiger partial charge in [-0.2, -0.15) is 5.10 Å². The zero-order valence-corrected chi connectivity index (χ0v) is 16.3. The number of ketones is 1. The molecule has 0 N–H and O–H groups in total. The third kappa shape index (κ3) is 4.84. The Morgan fingerprint density at radius 2 is 2.11 bits per heavy atom. The van der Waals surface area contributed by atoms with E-state index in [0.717, 1.165) is 62.0 Å². The van der Waals surface area contributed by atoms with Crippen LogP contribution in [0.1, 0.15) is 34.1 Å². The van der Waals surface area contributed by atoms with Crippen LogP contribution in [0.25, 0.3) is 6.08 Å². The Kier molecular flexibility index (Phi) is 6.42. The van der Waals surface area contributed by atoms with Gasteiger partial charge in [0.2, 0.25) is 0 Å². The highest BCUT2D eigenvalue weighted by Gasteiger charge is 2.14. The summed E-state index contributed by atoms with van der Waals surface area (Å²) < 4.78 is 12.7. The third-order valence-corrected chi connectivity index (χ3v) is 4.77. The fourth-order valence-corrected chi connectivity index (χ4v) is 3.21. The van der Waals surface area contributed by atoms with Crippen molar-refractivity contribution in [1.82, 2.24) is 14.7 Å². The highest BCUT2D eigenvalue weighted by atomic mass is 16.5. The Labute approximate surface area is 160 Å². The molecule has 1 fully saturated rings. The van der Waals surface area contributed by atoms with Crippen LogP contribution in [-0.2, 0) is 17.8 Å². The summed E-state index contributed by atoms with van der Waals surface area (Å²) in [7, 11) is 1.69. The van der Waals surface area contributed by atoms with Crippen molar-refractivity contribution in [3.63, 3.8) is 0 Å². The summed E-state index contributed by atoms with van der Waals surface area (Å²) in [5.74, 6) is 0.836. The minimum atomic E-state index is -0.0299. The molecule has 1 aromatic carbocycles. The van der Waals surface area contributed by atoms with Crippen LogP contribution in [-0.4, -0.2) is 53.9 Å². The molecule has 0 bridgehead atoms. The highest BCUT2D eigenvalue weighted by Crippen LogP contribution is 2.23. The average molecular weight is 369 g/mol. The predicted octanol–water partition coefficient (Wildman–Crippen LogP) is 2.95. The highest BCUT2D eigenvalue weighted by molar-refractivity contribution is 6.07. The van der Waals surface area contributed by atoms with Crippen molar-refractivity contribution < 1.29 is 14.3 Å². The standard InChI is InChI=1S/C21H27N3O3/c1-4-24-15-19(16(2)22-24)20(25)7-5-17-6-8-21(26-3)18(13-17)14-23-9-11-27-12-10-23/h5-8,13,15H,4,9-12,14H2,1-3H3/b7-5+. The zero-order valence-electron chi connectivity index (χ0n) is 16.3. The van der Waals surface area contributed by atoms with Gasteiger partial charge in [0.05, 0.1) is 31.6 Å². The molecule has 6 nitrogen and oxygen atoms in total. The van der Waals surface area contributed by atoms with Gasteiger partial charge in [0, 0.05) is 37.9 Å². The van der Waals surface area contributed by atoms with Crippen LogP contribution in [0.5, 0.6) is 5.75 Å². The monoisotopic (exact) mass is 369 g/mol. The van der Waals surface area contributed by atoms with Gasteiger partial charge >= 0.3 is 0 Å².